The molecule has 7 heteroatoms. The van der Waals surface area contributed by atoms with Crippen LogP contribution >= 0.6 is 27.5 Å². The van der Waals surface area contributed by atoms with Crippen molar-refractivity contribution in [2.75, 3.05) is 11.6 Å². The lowest BCUT2D eigenvalue weighted by Crippen LogP contribution is -2.12. The van der Waals surface area contributed by atoms with Gasteiger partial charge in [-0.25, -0.2) is 8.42 Å². The second-order valence-corrected chi connectivity index (χ2v) is 7.66. The first-order valence-electron chi connectivity index (χ1n) is 5.84. The molecule has 1 N–H and O–H groups in total. The van der Waals surface area contributed by atoms with Gasteiger partial charge in [0.2, 0.25) is 0 Å². The van der Waals surface area contributed by atoms with E-state index in [-0.39, 0.29) is 10.8 Å². The predicted octanol–water partition coefficient (Wildman–Crippen LogP) is 3.76. The average molecular weight is 389 g/mol. The van der Waals surface area contributed by atoms with Crippen molar-refractivity contribution in [2.45, 2.75) is 4.90 Å². The number of amides is 1. The lowest BCUT2D eigenvalue weighted by atomic mass is 10.2. The molecule has 0 unspecified atom stereocenters. The monoisotopic (exact) mass is 387 g/mol. The molecule has 2 aromatic carbocycles. The molecule has 0 spiro atoms. The van der Waals surface area contributed by atoms with E-state index in [9.17, 15) is 13.2 Å². The highest BCUT2D eigenvalue weighted by atomic mass is 79.9. The summed E-state index contributed by atoms with van der Waals surface area (Å²) >= 11 is 9.12. The molecule has 0 aliphatic carbocycles. The Labute approximate surface area is 136 Å². The Balaban J connectivity index is 2.18. The van der Waals surface area contributed by atoms with Crippen molar-refractivity contribution >= 4 is 49.0 Å². The van der Waals surface area contributed by atoms with Gasteiger partial charge in [0.1, 0.15) is 0 Å². The van der Waals surface area contributed by atoms with Gasteiger partial charge < -0.3 is 5.32 Å². The van der Waals surface area contributed by atoms with Crippen LogP contribution in [-0.2, 0) is 9.84 Å². The van der Waals surface area contributed by atoms with Gasteiger partial charge in [0.25, 0.3) is 5.91 Å². The Hall–Kier alpha value is -1.37. The molecule has 21 heavy (non-hydrogen) atoms. The van der Waals surface area contributed by atoms with Crippen LogP contribution in [0.25, 0.3) is 0 Å². The first kappa shape index (κ1) is 16.0. The zero-order chi connectivity index (χ0) is 15.6. The van der Waals surface area contributed by atoms with E-state index in [2.05, 4.69) is 21.2 Å². The third-order valence-electron chi connectivity index (χ3n) is 2.72. The first-order valence-corrected chi connectivity index (χ1v) is 8.90. The van der Waals surface area contributed by atoms with E-state index < -0.39 is 9.84 Å². The number of carbonyl (C=O) groups is 1. The van der Waals surface area contributed by atoms with Crippen LogP contribution in [0, 0.1) is 0 Å². The van der Waals surface area contributed by atoms with Gasteiger partial charge in [-0.1, -0.05) is 11.6 Å². The second-order valence-electron chi connectivity index (χ2n) is 4.38. The number of benzene rings is 2. The van der Waals surface area contributed by atoms with E-state index in [0.29, 0.717) is 20.7 Å². The zero-order valence-electron chi connectivity index (χ0n) is 10.9. The molecule has 0 bridgehead atoms. The molecule has 0 heterocycles. The highest BCUT2D eigenvalue weighted by molar-refractivity contribution is 9.10. The summed E-state index contributed by atoms with van der Waals surface area (Å²) in [6.45, 7) is 0. The number of halogens is 2. The molecule has 2 rings (SSSR count). The number of anilines is 1. The normalized spacial score (nSPS) is 11.2. The van der Waals surface area contributed by atoms with Gasteiger partial charge >= 0.3 is 0 Å². The van der Waals surface area contributed by atoms with Crippen molar-refractivity contribution in [3.63, 3.8) is 0 Å². The number of hydrogen-bond donors (Lipinski definition) is 1. The third-order valence-corrected chi connectivity index (χ3v) is 5.06. The van der Waals surface area contributed by atoms with Crippen molar-refractivity contribution in [1.82, 2.24) is 0 Å². The second kappa shape index (κ2) is 6.17. The number of hydrogen-bond acceptors (Lipinski definition) is 3. The molecule has 0 aromatic heterocycles. The summed E-state index contributed by atoms with van der Waals surface area (Å²) in [6.07, 6.45) is 1.13. The molecular weight excluding hydrogens is 378 g/mol. The Kier molecular flexibility index (Phi) is 4.70. The average Bonchev–Trinajstić information content (AvgIpc) is 2.41. The summed E-state index contributed by atoms with van der Waals surface area (Å²) in [4.78, 5) is 12.3. The summed E-state index contributed by atoms with van der Waals surface area (Å²) < 4.78 is 23.3. The molecule has 0 fully saturated rings. The van der Waals surface area contributed by atoms with Crippen LogP contribution in [-0.4, -0.2) is 20.6 Å². The quantitative estimate of drug-likeness (QED) is 0.871. The molecule has 0 aliphatic rings. The Morgan fingerprint density at radius 1 is 1.14 bits per heavy atom. The van der Waals surface area contributed by atoms with E-state index in [1.807, 2.05) is 0 Å². The lowest BCUT2D eigenvalue weighted by Gasteiger charge is -2.07. The fourth-order valence-electron chi connectivity index (χ4n) is 1.63. The summed E-state index contributed by atoms with van der Waals surface area (Å²) in [6, 6.07) is 10.8. The van der Waals surface area contributed by atoms with Crippen LogP contribution in [0.5, 0.6) is 0 Å². The molecule has 0 aliphatic heterocycles. The molecule has 0 saturated carbocycles. The maximum absolute atomic E-state index is 12.1. The number of nitrogens with one attached hydrogen (secondary N) is 1. The summed E-state index contributed by atoms with van der Waals surface area (Å²) in [5, 5.41) is 3.20. The fourth-order valence-corrected chi connectivity index (χ4v) is 2.75. The van der Waals surface area contributed by atoms with Crippen LogP contribution < -0.4 is 5.32 Å². The van der Waals surface area contributed by atoms with E-state index in [1.54, 1.807) is 30.3 Å². The van der Waals surface area contributed by atoms with Crippen LogP contribution in [0.4, 0.5) is 5.69 Å². The van der Waals surface area contributed by atoms with E-state index in [1.165, 1.54) is 12.1 Å². The highest BCUT2D eigenvalue weighted by Crippen LogP contribution is 2.24. The van der Waals surface area contributed by atoms with Gasteiger partial charge in [0.15, 0.2) is 9.84 Å². The van der Waals surface area contributed by atoms with Gasteiger partial charge in [-0.2, -0.15) is 0 Å². The van der Waals surface area contributed by atoms with Crippen LogP contribution in [0.2, 0.25) is 5.02 Å². The van der Waals surface area contributed by atoms with Gasteiger partial charge in [-0.3, -0.25) is 4.79 Å². The van der Waals surface area contributed by atoms with E-state index in [0.717, 1.165) is 6.26 Å². The smallest absolute Gasteiger partial charge is 0.255 e. The summed E-state index contributed by atoms with van der Waals surface area (Å²) in [7, 11) is -3.24. The van der Waals surface area contributed by atoms with Crippen molar-refractivity contribution in [3.8, 4) is 0 Å². The minimum atomic E-state index is -3.24. The Morgan fingerprint density at radius 3 is 2.29 bits per heavy atom. The molecule has 110 valence electrons. The SMILES string of the molecule is CS(=O)(=O)c1ccc(NC(=O)c2ccc(Cl)c(Br)c2)cc1. The van der Waals surface area contributed by atoms with Crippen molar-refractivity contribution in [1.29, 1.82) is 0 Å². The van der Waals surface area contributed by atoms with Crippen molar-refractivity contribution < 1.29 is 13.2 Å². The fraction of sp³-hybridized carbons (Fsp3) is 0.0714. The molecular formula is C14H11BrClNO3S. The molecule has 0 atom stereocenters. The maximum Gasteiger partial charge on any atom is 0.255 e. The standard InChI is InChI=1S/C14H11BrClNO3S/c1-21(19,20)11-5-3-10(4-6-11)17-14(18)9-2-7-13(16)12(15)8-9/h2-8H,1H3,(H,17,18). The molecule has 1 amide bonds. The lowest BCUT2D eigenvalue weighted by molar-refractivity contribution is 0.102. The van der Waals surface area contributed by atoms with Crippen molar-refractivity contribution in [2.24, 2.45) is 0 Å². The zero-order valence-corrected chi connectivity index (χ0v) is 14.1. The van der Waals surface area contributed by atoms with Gasteiger partial charge in [0, 0.05) is 22.0 Å². The number of rotatable bonds is 3. The first-order chi connectivity index (χ1) is 9.77. The van der Waals surface area contributed by atoms with Gasteiger partial charge in [-0.15, -0.1) is 0 Å². The minimum Gasteiger partial charge on any atom is -0.322 e. The Morgan fingerprint density at radius 2 is 1.76 bits per heavy atom. The third kappa shape index (κ3) is 4.06. The molecule has 2 aromatic rings. The van der Waals surface area contributed by atoms with E-state index in [4.69, 9.17) is 11.6 Å². The predicted molar refractivity (Wildman–Crippen MR) is 86.7 cm³/mol. The molecule has 0 radical (unpaired) electrons. The maximum atomic E-state index is 12.1. The molecule has 4 nitrogen and oxygen atoms in total. The summed E-state index contributed by atoms with van der Waals surface area (Å²) in [5.74, 6) is -0.306. The molecule has 0 saturated heterocycles. The topological polar surface area (TPSA) is 63.2 Å². The number of sulfone groups is 1. The van der Waals surface area contributed by atoms with Crippen LogP contribution in [0.1, 0.15) is 10.4 Å². The highest BCUT2D eigenvalue weighted by Gasteiger charge is 2.10. The minimum absolute atomic E-state index is 0.203. The van der Waals surface area contributed by atoms with E-state index >= 15 is 0 Å². The van der Waals surface area contributed by atoms with Crippen LogP contribution in [0.15, 0.2) is 51.8 Å². The summed E-state index contributed by atoms with van der Waals surface area (Å²) in [5.41, 5.74) is 0.955. The van der Waals surface area contributed by atoms with Gasteiger partial charge in [0.05, 0.1) is 9.92 Å². The van der Waals surface area contributed by atoms with Crippen LogP contribution in [0.3, 0.4) is 0 Å². The largest absolute Gasteiger partial charge is 0.322 e. The van der Waals surface area contributed by atoms with Gasteiger partial charge in [-0.05, 0) is 58.4 Å². The Bertz CT molecular complexity index is 788. The van der Waals surface area contributed by atoms with Crippen molar-refractivity contribution in [3.05, 3.63) is 57.5 Å². The number of carbonyl (C=O) groups excluding carboxylic acids is 1.